The second-order valence-electron chi connectivity index (χ2n) is 3.60. The van der Waals surface area contributed by atoms with Gasteiger partial charge < -0.3 is 15.2 Å². The van der Waals surface area contributed by atoms with Crippen molar-refractivity contribution in [2.75, 3.05) is 31.0 Å². The molecule has 94 valence electrons. The predicted octanol–water partition coefficient (Wildman–Crippen LogP) is 1.61. The van der Waals surface area contributed by atoms with E-state index in [0.29, 0.717) is 18.2 Å². The molecule has 1 unspecified atom stereocenters. The SMILES string of the molecule is COCc1nc(C2CSCCO2)nc(N)c1I. The van der Waals surface area contributed by atoms with Crippen LogP contribution in [0.25, 0.3) is 0 Å². The van der Waals surface area contributed by atoms with Gasteiger partial charge in [-0.1, -0.05) is 0 Å². The van der Waals surface area contributed by atoms with Crippen molar-refractivity contribution in [2.45, 2.75) is 12.7 Å². The van der Waals surface area contributed by atoms with Crippen LogP contribution in [0.1, 0.15) is 17.6 Å². The monoisotopic (exact) mass is 367 g/mol. The van der Waals surface area contributed by atoms with Gasteiger partial charge in [0.25, 0.3) is 0 Å². The van der Waals surface area contributed by atoms with E-state index in [0.717, 1.165) is 27.4 Å². The van der Waals surface area contributed by atoms with Crippen LogP contribution in [0.4, 0.5) is 5.82 Å². The first-order chi connectivity index (χ1) is 8.22. The average molecular weight is 367 g/mol. The summed E-state index contributed by atoms with van der Waals surface area (Å²) in [6.45, 7) is 1.18. The maximum atomic E-state index is 5.88. The van der Waals surface area contributed by atoms with E-state index in [1.807, 2.05) is 11.8 Å². The minimum Gasteiger partial charge on any atom is -0.383 e. The van der Waals surface area contributed by atoms with Crippen molar-refractivity contribution in [3.05, 3.63) is 15.1 Å². The summed E-state index contributed by atoms with van der Waals surface area (Å²) in [5, 5.41) is 0. The highest BCUT2D eigenvalue weighted by atomic mass is 127. The summed E-state index contributed by atoms with van der Waals surface area (Å²) in [4.78, 5) is 8.79. The molecular weight excluding hydrogens is 353 g/mol. The van der Waals surface area contributed by atoms with Gasteiger partial charge in [-0.05, 0) is 22.6 Å². The van der Waals surface area contributed by atoms with Crippen molar-refractivity contribution in [2.24, 2.45) is 0 Å². The smallest absolute Gasteiger partial charge is 0.160 e. The van der Waals surface area contributed by atoms with E-state index in [1.54, 1.807) is 7.11 Å². The van der Waals surface area contributed by atoms with E-state index < -0.39 is 0 Å². The molecule has 0 amide bonds. The maximum absolute atomic E-state index is 5.88. The van der Waals surface area contributed by atoms with Crippen LogP contribution in [-0.2, 0) is 16.1 Å². The molecule has 1 aromatic heterocycles. The third-order valence-corrected chi connectivity index (χ3v) is 4.52. The quantitative estimate of drug-likeness (QED) is 0.819. The van der Waals surface area contributed by atoms with Crippen LogP contribution < -0.4 is 5.73 Å². The van der Waals surface area contributed by atoms with Gasteiger partial charge in [-0.25, -0.2) is 9.97 Å². The number of hydrogen-bond donors (Lipinski definition) is 1. The number of hydrogen-bond acceptors (Lipinski definition) is 6. The summed E-state index contributed by atoms with van der Waals surface area (Å²) in [7, 11) is 1.64. The summed E-state index contributed by atoms with van der Waals surface area (Å²) in [6, 6.07) is 0. The largest absolute Gasteiger partial charge is 0.383 e. The molecule has 0 aliphatic carbocycles. The lowest BCUT2D eigenvalue weighted by Gasteiger charge is -2.21. The molecule has 1 aliphatic rings. The first-order valence-electron chi connectivity index (χ1n) is 5.22. The Balaban J connectivity index is 2.27. The third kappa shape index (κ3) is 3.21. The molecule has 2 rings (SSSR count). The van der Waals surface area contributed by atoms with Crippen molar-refractivity contribution in [1.29, 1.82) is 0 Å². The number of ether oxygens (including phenoxy) is 2. The molecule has 1 aromatic rings. The Bertz CT molecular complexity index is 399. The Kier molecular flexibility index (Phi) is 4.83. The number of rotatable bonds is 3. The maximum Gasteiger partial charge on any atom is 0.160 e. The Labute approximate surface area is 118 Å². The fraction of sp³-hybridized carbons (Fsp3) is 0.600. The summed E-state index contributed by atoms with van der Waals surface area (Å²) in [5.74, 6) is 3.08. The van der Waals surface area contributed by atoms with Crippen LogP contribution in [0.3, 0.4) is 0 Å². The van der Waals surface area contributed by atoms with Crippen LogP contribution in [0.2, 0.25) is 0 Å². The fourth-order valence-electron chi connectivity index (χ4n) is 1.55. The first kappa shape index (κ1) is 13.3. The number of nitrogens with zero attached hydrogens (tertiary/aromatic N) is 2. The van der Waals surface area contributed by atoms with E-state index >= 15 is 0 Å². The Morgan fingerprint density at radius 3 is 3.06 bits per heavy atom. The third-order valence-electron chi connectivity index (χ3n) is 2.35. The number of nitrogen functional groups attached to an aromatic ring is 1. The second kappa shape index (κ2) is 6.17. The van der Waals surface area contributed by atoms with Crippen molar-refractivity contribution < 1.29 is 9.47 Å². The first-order valence-corrected chi connectivity index (χ1v) is 7.45. The van der Waals surface area contributed by atoms with Crippen molar-refractivity contribution in [3.8, 4) is 0 Å². The molecule has 0 spiro atoms. The zero-order valence-electron chi connectivity index (χ0n) is 9.48. The van der Waals surface area contributed by atoms with Crippen LogP contribution in [-0.4, -0.2) is 35.2 Å². The molecule has 1 aliphatic heterocycles. The van der Waals surface area contributed by atoms with Gasteiger partial charge in [0.05, 0.1) is 22.5 Å². The van der Waals surface area contributed by atoms with Gasteiger partial charge >= 0.3 is 0 Å². The number of anilines is 1. The molecular formula is C10H14IN3O2S. The molecule has 5 nitrogen and oxygen atoms in total. The normalized spacial score (nSPS) is 20.5. The highest BCUT2D eigenvalue weighted by Crippen LogP contribution is 2.26. The topological polar surface area (TPSA) is 70.3 Å². The van der Waals surface area contributed by atoms with Gasteiger partial charge in [0, 0.05) is 18.6 Å². The van der Waals surface area contributed by atoms with Gasteiger partial charge in [-0.15, -0.1) is 0 Å². The summed E-state index contributed by atoms with van der Waals surface area (Å²) in [5.41, 5.74) is 6.71. The molecule has 2 heterocycles. The zero-order chi connectivity index (χ0) is 12.3. The number of aromatic nitrogens is 2. The van der Waals surface area contributed by atoms with Crippen LogP contribution in [0, 0.1) is 3.57 Å². The lowest BCUT2D eigenvalue weighted by molar-refractivity contribution is 0.0689. The Hall–Kier alpha value is -0.120. The molecule has 0 bridgehead atoms. The molecule has 0 radical (unpaired) electrons. The van der Waals surface area contributed by atoms with E-state index in [4.69, 9.17) is 15.2 Å². The van der Waals surface area contributed by atoms with Crippen molar-refractivity contribution in [3.63, 3.8) is 0 Å². The molecule has 0 saturated carbocycles. The summed E-state index contributed by atoms with van der Waals surface area (Å²) >= 11 is 3.99. The zero-order valence-corrected chi connectivity index (χ0v) is 12.5. The van der Waals surface area contributed by atoms with E-state index in [9.17, 15) is 0 Å². The lowest BCUT2D eigenvalue weighted by atomic mass is 10.3. The second-order valence-corrected chi connectivity index (χ2v) is 5.82. The molecule has 2 N–H and O–H groups in total. The van der Waals surface area contributed by atoms with Crippen molar-refractivity contribution >= 4 is 40.2 Å². The summed E-state index contributed by atoms with van der Waals surface area (Å²) in [6.07, 6.45) is -0.0522. The molecule has 1 fully saturated rings. The molecule has 1 saturated heterocycles. The molecule has 7 heteroatoms. The fourth-order valence-corrected chi connectivity index (χ4v) is 2.78. The van der Waals surface area contributed by atoms with E-state index in [-0.39, 0.29) is 6.10 Å². The van der Waals surface area contributed by atoms with Gasteiger partial charge in [0.15, 0.2) is 5.82 Å². The summed E-state index contributed by atoms with van der Waals surface area (Å²) < 4.78 is 11.6. The van der Waals surface area contributed by atoms with E-state index in [2.05, 4.69) is 32.6 Å². The van der Waals surface area contributed by atoms with Crippen LogP contribution in [0.5, 0.6) is 0 Å². The Morgan fingerprint density at radius 2 is 2.41 bits per heavy atom. The highest BCUT2D eigenvalue weighted by Gasteiger charge is 2.21. The highest BCUT2D eigenvalue weighted by molar-refractivity contribution is 14.1. The average Bonchev–Trinajstić information content (AvgIpc) is 2.36. The number of nitrogens with two attached hydrogens (primary N) is 1. The van der Waals surface area contributed by atoms with Gasteiger partial charge in [-0.3, -0.25) is 0 Å². The van der Waals surface area contributed by atoms with Gasteiger partial charge in [0.2, 0.25) is 0 Å². The van der Waals surface area contributed by atoms with Crippen LogP contribution in [0.15, 0.2) is 0 Å². The minimum atomic E-state index is -0.0522. The minimum absolute atomic E-state index is 0.0522. The van der Waals surface area contributed by atoms with Crippen LogP contribution >= 0.6 is 34.4 Å². The number of methoxy groups -OCH3 is 1. The lowest BCUT2D eigenvalue weighted by Crippen LogP contribution is -2.20. The van der Waals surface area contributed by atoms with Crippen molar-refractivity contribution in [1.82, 2.24) is 9.97 Å². The Morgan fingerprint density at radius 1 is 1.59 bits per heavy atom. The standard InChI is InChI=1S/C10H14IN3O2S/c1-15-4-6-8(11)9(12)14-10(13-6)7-5-17-3-2-16-7/h7H,2-5H2,1H3,(H2,12,13,14). The predicted molar refractivity (Wildman–Crippen MR) is 75.9 cm³/mol. The van der Waals surface area contributed by atoms with Gasteiger partial charge in [-0.2, -0.15) is 11.8 Å². The molecule has 0 aromatic carbocycles. The van der Waals surface area contributed by atoms with Gasteiger partial charge in [0.1, 0.15) is 11.9 Å². The number of halogens is 1. The molecule has 17 heavy (non-hydrogen) atoms. The van der Waals surface area contributed by atoms with E-state index in [1.165, 1.54) is 0 Å². The number of thioether (sulfide) groups is 1. The molecule has 1 atom stereocenters.